The summed E-state index contributed by atoms with van der Waals surface area (Å²) in [6, 6.07) is 6.96. The van der Waals surface area contributed by atoms with Crippen LogP contribution in [0.25, 0.3) is 0 Å². The summed E-state index contributed by atoms with van der Waals surface area (Å²) in [4.78, 5) is 11.5. The Morgan fingerprint density at radius 3 is 2.43 bits per heavy atom. The van der Waals surface area contributed by atoms with Gasteiger partial charge in [0.25, 0.3) is 0 Å². The van der Waals surface area contributed by atoms with Gasteiger partial charge in [0, 0.05) is 18.0 Å². The van der Waals surface area contributed by atoms with Crippen molar-refractivity contribution in [1.29, 1.82) is 0 Å². The number of benzene rings is 1. The van der Waals surface area contributed by atoms with Crippen molar-refractivity contribution in [3.8, 4) is 5.75 Å². The van der Waals surface area contributed by atoms with Crippen LogP contribution in [0, 0.1) is 0 Å². The highest BCUT2D eigenvalue weighted by Crippen LogP contribution is 2.12. The Kier molecular flexibility index (Phi) is 3.65. The predicted molar refractivity (Wildman–Crippen MR) is 55.6 cm³/mol. The van der Waals surface area contributed by atoms with Gasteiger partial charge in [-0.1, -0.05) is 0 Å². The lowest BCUT2D eigenvalue weighted by Crippen LogP contribution is -2.19. The quantitative estimate of drug-likeness (QED) is 0.739. The minimum Gasteiger partial charge on any atom is -0.497 e. The first kappa shape index (κ1) is 10.7. The highest BCUT2D eigenvalue weighted by Gasteiger charge is 2.07. The molecule has 1 aromatic carbocycles. The van der Waals surface area contributed by atoms with E-state index in [4.69, 9.17) is 10.5 Å². The largest absolute Gasteiger partial charge is 0.497 e. The summed E-state index contributed by atoms with van der Waals surface area (Å²) >= 11 is 0. The first-order valence-corrected chi connectivity index (χ1v) is 4.56. The first-order valence-electron chi connectivity index (χ1n) is 4.56. The van der Waals surface area contributed by atoms with E-state index < -0.39 is 0 Å². The van der Waals surface area contributed by atoms with Crippen LogP contribution in [0.5, 0.6) is 5.75 Å². The number of Topliss-reactive ketones (excluding diaryl/α,β-unsaturated/α-hetero) is 1. The molecule has 0 saturated heterocycles. The Morgan fingerprint density at radius 2 is 2.00 bits per heavy atom. The molecule has 2 N–H and O–H groups in total. The number of methoxy groups -OCH3 is 1. The summed E-state index contributed by atoms with van der Waals surface area (Å²) in [6.07, 6.45) is 0.381. The molecule has 76 valence electrons. The van der Waals surface area contributed by atoms with E-state index in [1.54, 1.807) is 31.4 Å². The van der Waals surface area contributed by atoms with Crippen LogP contribution < -0.4 is 10.5 Å². The smallest absolute Gasteiger partial charge is 0.164 e. The fourth-order valence-electron chi connectivity index (χ4n) is 1.19. The molecule has 3 nitrogen and oxygen atoms in total. The molecule has 14 heavy (non-hydrogen) atoms. The molecule has 1 rings (SSSR count). The van der Waals surface area contributed by atoms with Crippen molar-refractivity contribution in [3.05, 3.63) is 29.8 Å². The minimum atomic E-state index is -0.0930. The van der Waals surface area contributed by atoms with Gasteiger partial charge in [-0.05, 0) is 31.2 Å². The Morgan fingerprint density at radius 1 is 1.43 bits per heavy atom. The zero-order valence-corrected chi connectivity index (χ0v) is 8.49. The predicted octanol–water partition coefficient (Wildman–Crippen LogP) is 1.62. The Labute approximate surface area is 83.9 Å². The molecule has 3 heteroatoms. The molecule has 0 bridgehead atoms. The monoisotopic (exact) mass is 193 g/mol. The maximum absolute atomic E-state index is 11.5. The Bertz CT molecular complexity index is 304. The van der Waals surface area contributed by atoms with Crippen LogP contribution in [-0.4, -0.2) is 18.9 Å². The van der Waals surface area contributed by atoms with Crippen LogP contribution in [-0.2, 0) is 0 Å². The topological polar surface area (TPSA) is 52.3 Å². The maximum atomic E-state index is 11.5. The van der Waals surface area contributed by atoms with Crippen molar-refractivity contribution in [2.24, 2.45) is 5.73 Å². The maximum Gasteiger partial charge on any atom is 0.164 e. The van der Waals surface area contributed by atoms with Gasteiger partial charge in [0.2, 0.25) is 0 Å². The van der Waals surface area contributed by atoms with Gasteiger partial charge in [0.05, 0.1) is 7.11 Å². The molecular formula is C11H15NO2. The molecule has 0 aliphatic carbocycles. The molecule has 1 aromatic rings. The van der Waals surface area contributed by atoms with Crippen molar-refractivity contribution in [3.63, 3.8) is 0 Å². The molecule has 0 fully saturated rings. The van der Waals surface area contributed by atoms with Crippen molar-refractivity contribution in [2.75, 3.05) is 7.11 Å². The second-order valence-corrected chi connectivity index (χ2v) is 3.33. The van der Waals surface area contributed by atoms with Gasteiger partial charge in [0.1, 0.15) is 5.75 Å². The van der Waals surface area contributed by atoms with Crippen LogP contribution in [0.15, 0.2) is 24.3 Å². The number of hydrogen-bond donors (Lipinski definition) is 1. The van der Waals surface area contributed by atoms with E-state index in [0.29, 0.717) is 12.0 Å². The van der Waals surface area contributed by atoms with Crippen LogP contribution >= 0.6 is 0 Å². The van der Waals surface area contributed by atoms with E-state index >= 15 is 0 Å². The van der Waals surface area contributed by atoms with Crippen molar-refractivity contribution in [1.82, 2.24) is 0 Å². The number of hydrogen-bond acceptors (Lipinski definition) is 3. The van der Waals surface area contributed by atoms with Crippen molar-refractivity contribution in [2.45, 2.75) is 19.4 Å². The van der Waals surface area contributed by atoms with E-state index in [2.05, 4.69) is 0 Å². The number of carbonyl (C=O) groups excluding carboxylic acids is 1. The third kappa shape index (κ3) is 2.85. The highest BCUT2D eigenvalue weighted by molar-refractivity contribution is 5.96. The van der Waals surface area contributed by atoms with E-state index in [1.807, 2.05) is 6.92 Å². The molecular weight excluding hydrogens is 178 g/mol. The summed E-state index contributed by atoms with van der Waals surface area (Å²) in [6.45, 7) is 1.82. The molecule has 0 aromatic heterocycles. The third-order valence-electron chi connectivity index (χ3n) is 1.92. The molecule has 1 atom stereocenters. The van der Waals surface area contributed by atoms with Gasteiger partial charge in [-0.3, -0.25) is 4.79 Å². The number of rotatable bonds is 4. The summed E-state index contributed by atoms with van der Waals surface area (Å²) < 4.78 is 4.99. The van der Waals surface area contributed by atoms with Crippen molar-refractivity contribution < 1.29 is 9.53 Å². The molecule has 0 amide bonds. The zero-order valence-electron chi connectivity index (χ0n) is 8.49. The highest BCUT2D eigenvalue weighted by atomic mass is 16.5. The van der Waals surface area contributed by atoms with Gasteiger partial charge in [-0.2, -0.15) is 0 Å². The second-order valence-electron chi connectivity index (χ2n) is 3.33. The van der Waals surface area contributed by atoms with Gasteiger partial charge in [-0.15, -0.1) is 0 Å². The summed E-state index contributed by atoms with van der Waals surface area (Å²) in [5.74, 6) is 0.824. The standard InChI is InChI=1S/C11H15NO2/c1-8(12)7-11(13)9-3-5-10(14-2)6-4-9/h3-6,8H,7,12H2,1-2H3. The first-order chi connectivity index (χ1) is 6.63. The molecule has 0 radical (unpaired) electrons. The average Bonchev–Trinajstić information content (AvgIpc) is 2.17. The van der Waals surface area contributed by atoms with Gasteiger partial charge < -0.3 is 10.5 Å². The second kappa shape index (κ2) is 4.77. The lowest BCUT2D eigenvalue weighted by molar-refractivity contribution is 0.0976. The lowest BCUT2D eigenvalue weighted by Gasteiger charge is -2.04. The Hall–Kier alpha value is -1.35. The van der Waals surface area contributed by atoms with E-state index in [1.165, 1.54) is 0 Å². The fraction of sp³-hybridized carbons (Fsp3) is 0.364. The van der Waals surface area contributed by atoms with E-state index in [0.717, 1.165) is 5.75 Å². The number of ketones is 1. The van der Waals surface area contributed by atoms with Gasteiger partial charge >= 0.3 is 0 Å². The summed E-state index contributed by atoms with van der Waals surface area (Å²) in [7, 11) is 1.60. The number of ether oxygens (including phenoxy) is 1. The molecule has 0 heterocycles. The minimum absolute atomic E-state index is 0.0719. The summed E-state index contributed by atoms with van der Waals surface area (Å²) in [5, 5.41) is 0. The average molecular weight is 193 g/mol. The summed E-state index contributed by atoms with van der Waals surface area (Å²) in [5.41, 5.74) is 6.22. The van der Waals surface area contributed by atoms with Crippen molar-refractivity contribution >= 4 is 5.78 Å². The van der Waals surface area contributed by atoms with Crippen LogP contribution in [0.4, 0.5) is 0 Å². The van der Waals surface area contributed by atoms with E-state index in [9.17, 15) is 4.79 Å². The third-order valence-corrected chi connectivity index (χ3v) is 1.92. The zero-order chi connectivity index (χ0) is 10.6. The van der Waals surface area contributed by atoms with E-state index in [-0.39, 0.29) is 11.8 Å². The molecule has 0 spiro atoms. The molecule has 0 aliphatic rings. The lowest BCUT2D eigenvalue weighted by atomic mass is 10.1. The molecule has 0 saturated carbocycles. The van der Waals surface area contributed by atoms with Crippen LogP contribution in [0.1, 0.15) is 23.7 Å². The fourth-order valence-corrected chi connectivity index (χ4v) is 1.19. The number of carbonyl (C=O) groups is 1. The normalized spacial score (nSPS) is 12.2. The van der Waals surface area contributed by atoms with Gasteiger partial charge in [-0.25, -0.2) is 0 Å². The molecule has 0 aliphatic heterocycles. The molecule has 1 unspecified atom stereocenters. The Balaban J connectivity index is 2.71. The SMILES string of the molecule is COc1ccc(C(=O)CC(C)N)cc1. The van der Waals surface area contributed by atoms with Crippen LogP contribution in [0.2, 0.25) is 0 Å². The van der Waals surface area contributed by atoms with Crippen LogP contribution in [0.3, 0.4) is 0 Å². The number of nitrogens with two attached hydrogens (primary N) is 1. The van der Waals surface area contributed by atoms with Gasteiger partial charge in [0.15, 0.2) is 5.78 Å².